The van der Waals surface area contributed by atoms with Crippen molar-refractivity contribution in [2.24, 2.45) is 11.3 Å². The largest absolute Gasteiger partial charge is 0.369 e. The molecule has 1 aromatic rings. The maximum atomic E-state index is 13.0. The van der Waals surface area contributed by atoms with E-state index >= 15 is 0 Å². The van der Waals surface area contributed by atoms with Crippen LogP contribution in [0.2, 0.25) is 0 Å². The normalized spacial score (nSPS) is 25.2. The van der Waals surface area contributed by atoms with Crippen molar-refractivity contribution in [2.45, 2.75) is 53.0 Å². The summed E-state index contributed by atoms with van der Waals surface area (Å²) in [6.07, 6.45) is 3.18. The summed E-state index contributed by atoms with van der Waals surface area (Å²) in [7, 11) is 0. The number of hydrogen-bond acceptors (Lipinski definition) is 3. The summed E-state index contributed by atoms with van der Waals surface area (Å²) in [6, 6.07) is 8.18. The summed E-state index contributed by atoms with van der Waals surface area (Å²) in [6.45, 7) is 11.8. The van der Waals surface area contributed by atoms with Crippen LogP contribution in [0.1, 0.15) is 57.3 Å². The van der Waals surface area contributed by atoms with Crippen molar-refractivity contribution in [3.8, 4) is 0 Å². The molecule has 2 saturated heterocycles. The fraction of sp³-hybridized carbons (Fsp3) is 0.636. The molecule has 1 aromatic carbocycles. The molecule has 0 aliphatic carbocycles. The van der Waals surface area contributed by atoms with Crippen LogP contribution in [0.15, 0.2) is 24.3 Å². The molecule has 3 rings (SSSR count). The SMILES string of the molecule is CC(=O)NC1CCN(c2ccc(C(=O)N3CCC(C)(C)CC(C)C3)cc2)C1. The highest BCUT2D eigenvalue weighted by Crippen LogP contribution is 2.33. The predicted octanol–water partition coefficient (Wildman–Crippen LogP) is 3.30. The number of carbonyl (C=O) groups excluding carboxylic acids is 2. The third-order valence-corrected chi connectivity index (χ3v) is 5.85. The number of anilines is 1. The van der Waals surface area contributed by atoms with Crippen molar-refractivity contribution in [3.05, 3.63) is 29.8 Å². The van der Waals surface area contributed by atoms with Gasteiger partial charge in [-0.05, 0) is 54.9 Å². The molecule has 0 saturated carbocycles. The maximum Gasteiger partial charge on any atom is 0.253 e. The predicted molar refractivity (Wildman–Crippen MR) is 109 cm³/mol. The van der Waals surface area contributed by atoms with Crippen molar-refractivity contribution < 1.29 is 9.59 Å². The average molecular weight is 372 g/mol. The smallest absolute Gasteiger partial charge is 0.253 e. The van der Waals surface area contributed by atoms with Crippen molar-refractivity contribution in [3.63, 3.8) is 0 Å². The molecule has 2 aliphatic rings. The van der Waals surface area contributed by atoms with Crippen molar-refractivity contribution >= 4 is 17.5 Å². The lowest BCUT2D eigenvalue weighted by Gasteiger charge is -2.24. The van der Waals surface area contributed by atoms with Gasteiger partial charge in [0.15, 0.2) is 0 Å². The third kappa shape index (κ3) is 5.02. The lowest BCUT2D eigenvalue weighted by atomic mass is 9.82. The number of benzene rings is 1. The minimum Gasteiger partial charge on any atom is -0.369 e. The molecule has 1 N–H and O–H groups in total. The molecule has 27 heavy (non-hydrogen) atoms. The van der Waals surface area contributed by atoms with Gasteiger partial charge in [-0.25, -0.2) is 0 Å². The Morgan fingerprint density at radius 1 is 1.11 bits per heavy atom. The van der Waals surface area contributed by atoms with Gasteiger partial charge in [-0.2, -0.15) is 0 Å². The quantitative estimate of drug-likeness (QED) is 0.887. The molecule has 5 heteroatoms. The number of carbonyl (C=O) groups is 2. The van der Waals surface area contributed by atoms with E-state index in [-0.39, 0.29) is 17.9 Å². The molecular weight excluding hydrogens is 338 g/mol. The first-order valence-electron chi connectivity index (χ1n) is 10.1. The van der Waals surface area contributed by atoms with Gasteiger partial charge in [0.25, 0.3) is 5.91 Å². The van der Waals surface area contributed by atoms with Gasteiger partial charge in [-0.15, -0.1) is 0 Å². The van der Waals surface area contributed by atoms with E-state index in [0.29, 0.717) is 11.3 Å². The summed E-state index contributed by atoms with van der Waals surface area (Å²) in [5.41, 5.74) is 2.19. The highest BCUT2D eigenvalue weighted by atomic mass is 16.2. The number of likely N-dealkylation sites (tertiary alicyclic amines) is 1. The monoisotopic (exact) mass is 371 g/mol. The van der Waals surface area contributed by atoms with E-state index < -0.39 is 0 Å². The van der Waals surface area contributed by atoms with Crippen molar-refractivity contribution in [2.75, 3.05) is 31.1 Å². The van der Waals surface area contributed by atoms with E-state index in [2.05, 4.69) is 31.0 Å². The lowest BCUT2D eigenvalue weighted by Crippen LogP contribution is -2.35. The van der Waals surface area contributed by atoms with Crippen LogP contribution in [-0.4, -0.2) is 48.9 Å². The fourth-order valence-corrected chi connectivity index (χ4v) is 4.60. The van der Waals surface area contributed by atoms with Gasteiger partial charge in [0.05, 0.1) is 0 Å². The van der Waals surface area contributed by atoms with Gasteiger partial charge in [-0.1, -0.05) is 20.8 Å². The Morgan fingerprint density at radius 2 is 1.81 bits per heavy atom. The second-order valence-electron chi connectivity index (χ2n) is 9.15. The topological polar surface area (TPSA) is 52.7 Å². The summed E-state index contributed by atoms with van der Waals surface area (Å²) in [4.78, 5) is 28.5. The highest BCUT2D eigenvalue weighted by molar-refractivity contribution is 5.94. The van der Waals surface area contributed by atoms with E-state index in [1.165, 1.54) is 6.42 Å². The molecule has 0 bridgehead atoms. The average Bonchev–Trinajstić information content (AvgIpc) is 2.99. The van der Waals surface area contributed by atoms with Gasteiger partial charge in [0.2, 0.25) is 5.91 Å². The Hall–Kier alpha value is -2.04. The van der Waals surface area contributed by atoms with Gasteiger partial charge in [0, 0.05) is 50.4 Å². The summed E-state index contributed by atoms with van der Waals surface area (Å²) < 4.78 is 0. The Bertz CT molecular complexity index is 683. The summed E-state index contributed by atoms with van der Waals surface area (Å²) >= 11 is 0. The number of rotatable bonds is 3. The number of nitrogens with one attached hydrogen (secondary N) is 1. The Labute approximate surface area is 163 Å². The van der Waals surface area contributed by atoms with Gasteiger partial charge < -0.3 is 15.1 Å². The van der Waals surface area contributed by atoms with Crippen LogP contribution in [0, 0.1) is 11.3 Å². The van der Waals surface area contributed by atoms with E-state index in [4.69, 9.17) is 0 Å². The van der Waals surface area contributed by atoms with Crippen LogP contribution in [0.5, 0.6) is 0 Å². The van der Waals surface area contributed by atoms with Crippen LogP contribution in [0.4, 0.5) is 5.69 Å². The Morgan fingerprint density at radius 3 is 2.48 bits per heavy atom. The van der Waals surface area contributed by atoms with Gasteiger partial charge >= 0.3 is 0 Å². The molecule has 0 radical (unpaired) electrons. The maximum absolute atomic E-state index is 13.0. The zero-order valence-electron chi connectivity index (χ0n) is 17.1. The summed E-state index contributed by atoms with van der Waals surface area (Å²) in [5.74, 6) is 0.697. The van der Waals surface area contributed by atoms with Crippen molar-refractivity contribution in [1.29, 1.82) is 0 Å². The van der Waals surface area contributed by atoms with E-state index in [9.17, 15) is 9.59 Å². The molecular formula is C22H33N3O2. The number of hydrogen-bond donors (Lipinski definition) is 1. The zero-order chi connectivity index (χ0) is 19.6. The number of amides is 2. The third-order valence-electron chi connectivity index (χ3n) is 5.85. The van der Waals surface area contributed by atoms with E-state index in [1.54, 1.807) is 6.92 Å². The second kappa shape index (κ2) is 7.91. The zero-order valence-corrected chi connectivity index (χ0v) is 17.1. The first kappa shape index (κ1) is 19.7. The molecule has 2 aliphatic heterocycles. The lowest BCUT2D eigenvalue weighted by molar-refractivity contribution is -0.119. The minimum atomic E-state index is 0.0256. The summed E-state index contributed by atoms with van der Waals surface area (Å²) in [5, 5.41) is 2.99. The Balaban J connectivity index is 1.63. The molecule has 5 nitrogen and oxygen atoms in total. The first-order chi connectivity index (χ1) is 12.7. The van der Waals surface area contributed by atoms with E-state index in [1.807, 2.05) is 29.2 Å². The van der Waals surface area contributed by atoms with Crippen LogP contribution >= 0.6 is 0 Å². The van der Waals surface area contributed by atoms with Gasteiger partial charge in [-0.3, -0.25) is 9.59 Å². The molecule has 2 unspecified atom stereocenters. The van der Waals surface area contributed by atoms with Crippen LogP contribution in [-0.2, 0) is 4.79 Å². The molecule has 2 heterocycles. The molecule has 148 valence electrons. The molecule has 0 aromatic heterocycles. The van der Waals surface area contributed by atoms with Crippen LogP contribution in [0.3, 0.4) is 0 Å². The number of nitrogens with zero attached hydrogens (tertiary/aromatic N) is 2. The van der Waals surface area contributed by atoms with E-state index in [0.717, 1.165) is 50.3 Å². The highest BCUT2D eigenvalue weighted by Gasteiger charge is 2.30. The van der Waals surface area contributed by atoms with Crippen LogP contribution in [0.25, 0.3) is 0 Å². The molecule has 0 spiro atoms. The van der Waals surface area contributed by atoms with Crippen LogP contribution < -0.4 is 10.2 Å². The standard InChI is InChI=1S/C22H33N3O2/c1-16-13-22(3,4)10-12-25(14-16)21(27)18-5-7-20(8-6-18)24-11-9-19(15-24)23-17(2)26/h5-8,16,19H,9-15H2,1-4H3,(H,23,26). The van der Waals surface area contributed by atoms with Crippen molar-refractivity contribution in [1.82, 2.24) is 10.2 Å². The fourth-order valence-electron chi connectivity index (χ4n) is 4.60. The Kier molecular flexibility index (Phi) is 5.78. The molecule has 2 atom stereocenters. The molecule has 2 amide bonds. The minimum absolute atomic E-state index is 0.0256. The molecule has 2 fully saturated rings. The first-order valence-corrected chi connectivity index (χ1v) is 10.1. The second-order valence-corrected chi connectivity index (χ2v) is 9.15. The van der Waals surface area contributed by atoms with Gasteiger partial charge in [0.1, 0.15) is 0 Å².